The van der Waals surface area contributed by atoms with Crippen LogP contribution in [0.1, 0.15) is 38.3 Å². The molecule has 2 rings (SSSR count). The van der Waals surface area contributed by atoms with Gasteiger partial charge in [0.25, 0.3) is 0 Å². The van der Waals surface area contributed by atoms with Gasteiger partial charge in [-0.25, -0.2) is 4.98 Å². The smallest absolute Gasteiger partial charge is 0.184 e. The first-order valence-electron chi connectivity index (χ1n) is 8.02. The molecule has 2 aromatic rings. The quantitative estimate of drug-likeness (QED) is 0.325. The van der Waals surface area contributed by atoms with Crippen LogP contribution in [0.25, 0.3) is 0 Å². The molecule has 1 aromatic heterocycles. The van der Waals surface area contributed by atoms with Gasteiger partial charge in [0.1, 0.15) is 12.9 Å². The van der Waals surface area contributed by atoms with Crippen molar-refractivity contribution in [2.24, 2.45) is 10.6 Å². The highest BCUT2D eigenvalue weighted by Crippen LogP contribution is 2.22. The molecule has 0 fully saturated rings. The summed E-state index contributed by atoms with van der Waals surface area (Å²) in [6, 6.07) is 8.39. The van der Waals surface area contributed by atoms with E-state index in [2.05, 4.69) is 49.1 Å². The van der Waals surface area contributed by atoms with E-state index in [1.165, 1.54) is 11.1 Å². The molecule has 0 saturated heterocycles. The third-order valence-electron chi connectivity index (χ3n) is 3.51. The Bertz CT molecular complexity index is 685. The van der Waals surface area contributed by atoms with Crippen molar-refractivity contribution in [3.8, 4) is 0 Å². The predicted octanol–water partition coefficient (Wildman–Crippen LogP) is 4.84. The molecule has 0 atom stereocenters. The van der Waals surface area contributed by atoms with Crippen LogP contribution in [0.15, 0.2) is 59.8 Å². The Labute approximate surface area is 148 Å². The van der Waals surface area contributed by atoms with Gasteiger partial charge in [-0.1, -0.05) is 55.7 Å². The third-order valence-corrected chi connectivity index (χ3v) is 3.69. The summed E-state index contributed by atoms with van der Waals surface area (Å²) >= 11 is 5.50. The minimum absolute atomic E-state index is 0.314. The fourth-order valence-corrected chi connectivity index (χ4v) is 2.27. The van der Waals surface area contributed by atoms with Gasteiger partial charge in [-0.2, -0.15) is 0 Å². The molecule has 0 unspecified atom stereocenters. The van der Waals surface area contributed by atoms with Crippen LogP contribution >= 0.6 is 11.6 Å². The second-order valence-electron chi connectivity index (χ2n) is 6.80. The average Bonchev–Trinajstić information content (AvgIpc) is 3.07. The van der Waals surface area contributed by atoms with E-state index in [1.807, 2.05) is 16.8 Å². The Morgan fingerprint density at radius 1 is 1.38 bits per heavy atom. The van der Waals surface area contributed by atoms with Gasteiger partial charge >= 0.3 is 0 Å². The molecule has 4 nitrogen and oxygen atoms in total. The normalized spacial score (nSPS) is 12.8. The minimum atomic E-state index is 0.314. The molecule has 0 aliphatic heterocycles. The van der Waals surface area contributed by atoms with Crippen molar-refractivity contribution in [3.05, 3.63) is 65.7 Å². The van der Waals surface area contributed by atoms with Gasteiger partial charge in [-0.05, 0) is 36.0 Å². The van der Waals surface area contributed by atoms with Crippen molar-refractivity contribution in [3.63, 3.8) is 0 Å². The maximum absolute atomic E-state index is 5.50. The van der Waals surface area contributed by atoms with Gasteiger partial charge in [0.2, 0.25) is 0 Å². The van der Waals surface area contributed by atoms with Crippen molar-refractivity contribution in [1.82, 2.24) is 9.55 Å². The van der Waals surface area contributed by atoms with Crippen molar-refractivity contribution in [2.45, 2.75) is 33.6 Å². The summed E-state index contributed by atoms with van der Waals surface area (Å²) < 4.78 is 1.84. The van der Waals surface area contributed by atoms with E-state index in [1.54, 1.807) is 18.6 Å². The summed E-state index contributed by atoms with van der Waals surface area (Å²) in [4.78, 5) is 9.43. The summed E-state index contributed by atoms with van der Waals surface area (Å²) in [6.07, 6.45) is 9.13. The lowest BCUT2D eigenvalue weighted by Gasteiger charge is -2.18. The Morgan fingerprint density at radius 3 is 2.88 bits per heavy atom. The molecular weight excluding hydrogens is 322 g/mol. The maximum atomic E-state index is 5.50. The lowest BCUT2D eigenvalue weighted by Crippen LogP contribution is -2.13. The van der Waals surface area contributed by atoms with E-state index < -0.39 is 0 Å². The zero-order valence-corrected chi connectivity index (χ0v) is 15.2. The lowest BCUT2D eigenvalue weighted by atomic mass is 9.88. The van der Waals surface area contributed by atoms with Gasteiger partial charge in [0.15, 0.2) is 5.84 Å². The van der Waals surface area contributed by atoms with Crippen LogP contribution in [0.5, 0.6) is 0 Å². The average molecular weight is 346 g/mol. The number of aromatic nitrogens is 2. The van der Waals surface area contributed by atoms with E-state index >= 15 is 0 Å². The molecule has 5 heteroatoms. The predicted molar refractivity (Wildman–Crippen MR) is 99.3 cm³/mol. The molecule has 0 bridgehead atoms. The molecule has 0 aliphatic carbocycles. The second-order valence-corrected chi connectivity index (χ2v) is 7.06. The van der Waals surface area contributed by atoms with E-state index in [0.717, 1.165) is 18.4 Å². The van der Waals surface area contributed by atoms with E-state index in [9.17, 15) is 0 Å². The number of rotatable bonds is 6. The fraction of sp³-hybridized carbons (Fsp3) is 0.368. The van der Waals surface area contributed by atoms with Crippen LogP contribution < -0.4 is 0 Å². The fourth-order valence-electron chi connectivity index (χ4n) is 2.20. The van der Waals surface area contributed by atoms with Gasteiger partial charge in [0, 0.05) is 23.5 Å². The molecule has 128 valence electrons. The van der Waals surface area contributed by atoms with Crippen LogP contribution in [0.2, 0.25) is 0 Å². The number of nitrogens with zero attached hydrogens (tertiary/aromatic N) is 3. The topological polar surface area (TPSA) is 39.4 Å². The molecule has 0 radical (unpaired) electrons. The lowest BCUT2D eigenvalue weighted by molar-refractivity contribution is 0.174. The summed E-state index contributed by atoms with van der Waals surface area (Å²) in [7, 11) is 0. The highest BCUT2D eigenvalue weighted by Gasteiger charge is 2.12. The second kappa shape index (κ2) is 8.69. The SMILES string of the molecule is CC(C)(C)CCc1cccc(C(=NOCC=CCl)n2ccnc2)c1. The monoisotopic (exact) mass is 345 g/mol. The number of benzene rings is 1. The summed E-state index contributed by atoms with van der Waals surface area (Å²) in [5.74, 6) is 0.702. The Balaban J connectivity index is 2.23. The molecular formula is C19H24ClN3O. The molecule has 0 N–H and O–H groups in total. The van der Waals surface area contributed by atoms with Crippen molar-refractivity contribution in [1.29, 1.82) is 0 Å². The van der Waals surface area contributed by atoms with E-state index in [-0.39, 0.29) is 0 Å². The highest BCUT2D eigenvalue weighted by atomic mass is 35.5. The third kappa shape index (κ3) is 5.85. The number of hydrogen-bond donors (Lipinski definition) is 0. The first-order chi connectivity index (χ1) is 11.5. The summed E-state index contributed by atoms with van der Waals surface area (Å²) in [5.41, 5.74) is 4.01. The van der Waals surface area contributed by atoms with Gasteiger partial charge in [-0.3, -0.25) is 4.57 Å². The van der Waals surface area contributed by atoms with Crippen LogP contribution in [0.4, 0.5) is 0 Å². The zero-order valence-electron chi connectivity index (χ0n) is 14.4. The van der Waals surface area contributed by atoms with Gasteiger partial charge < -0.3 is 4.84 Å². The molecule has 1 heterocycles. The van der Waals surface area contributed by atoms with Crippen LogP contribution in [0.3, 0.4) is 0 Å². The van der Waals surface area contributed by atoms with Gasteiger partial charge in [0.05, 0.1) is 0 Å². The van der Waals surface area contributed by atoms with Crippen LogP contribution in [0, 0.1) is 5.41 Å². The first-order valence-corrected chi connectivity index (χ1v) is 8.46. The van der Waals surface area contributed by atoms with Crippen molar-refractivity contribution >= 4 is 17.4 Å². The van der Waals surface area contributed by atoms with Crippen LogP contribution in [-0.2, 0) is 11.3 Å². The number of hydrogen-bond acceptors (Lipinski definition) is 3. The molecule has 0 amide bonds. The summed E-state index contributed by atoms with van der Waals surface area (Å²) in [6.45, 7) is 7.10. The molecule has 0 spiro atoms. The van der Waals surface area contributed by atoms with Crippen molar-refractivity contribution < 1.29 is 4.84 Å². The number of halogens is 1. The number of aryl methyl sites for hydroxylation is 1. The first kappa shape index (κ1) is 18.3. The molecule has 0 aliphatic rings. The molecule has 0 saturated carbocycles. The zero-order chi connectivity index (χ0) is 17.4. The van der Waals surface area contributed by atoms with Crippen LogP contribution in [-0.4, -0.2) is 22.0 Å². The maximum Gasteiger partial charge on any atom is 0.184 e. The van der Waals surface area contributed by atoms with E-state index in [0.29, 0.717) is 17.9 Å². The van der Waals surface area contributed by atoms with Crippen molar-refractivity contribution in [2.75, 3.05) is 6.61 Å². The largest absolute Gasteiger partial charge is 0.390 e. The van der Waals surface area contributed by atoms with E-state index in [4.69, 9.17) is 16.4 Å². The Kier molecular flexibility index (Phi) is 6.62. The molecule has 24 heavy (non-hydrogen) atoms. The summed E-state index contributed by atoms with van der Waals surface area (Å²) in [5, 5.41) is 4.25. The molecule has 1 aromatic carbocycles. The van der Waals surface area contributed by atoms with Gasteiger partial charge in [-0.15, -0.1) is 0 Å². The Morgan fingerprint density at radius 2 is 2.21 bits per heavy atom. The minimum Gasteiger partial charge on any atom is -0.390 e. The Hall–Kier alpha value is -2.07. The highest BCUT2D eigenvalue weighted by molar-refractivity contribution is 6.25. The standard InChI is InChI=1S/C19H24ClN3O/c1-19(2,3)9-8-16-6-4-7-17(14-16)18(22-24-13-5-10-20)23-12-11-21-15-23/h4-7,10-12,14-15H,8-9,13H2,1-3H3. The number of imidazole rings is 1. The number of oxime groups is 1.